The Kier molecular flexibility index (Phi) is 8.01. The average Bonchev–Trinajstić information content (AvgIpc) is 3.32. The van der Waals surface area contributed by atoms with Gasteiger partial charge in [-0.15, -0.1) is 0 Å². The molecule has 0 unspecified atom stereocenters. The summed E-state index contributed by atoms with van der Waals surface area (Å²) in [6, 6.07) is 10.9. The first-order valence-corrected chi connectivity index (χ1v) is 12.3. The van der Waals surface area contributed by atoms with Crippen LogP contribution in [-0.4, -0.2) is 65.3 Å². The van der Waals surface area contributed by atoms with Crippen molar-refractivity contribution in [1.29, 1.82) is 0 Å². The molecule has 192 valence electrons. The fourth-order valence-corrected chi connectivity index (χ4v) is 4.31. The first kappa shape index (κ1) is 25.8. The molecule has 0 N–H and O–H groups in total. The van der Waals surface area contributed by atoms with Crippen molar-refractivity contribution in [2.24, 2.45) is 5.41 Å². The number of ether oxygens (including phenoxy) is 2. The first-order valence-electron chi connectivity index (χ1n) is 12.3. The molecule has 0 aliphatic carbocycles. The van der Waals surface area contributed by atoms with Gasteiger partial charge in [-0.25, -0.2) is 0 Å². The van der Waals surface area contributed by atoms with E-state index >= 15 is 0 Å². The summed E-state index contributed by atoms with van der Waals surface area (Å²) in [6.07, 6.45) is 0.947. The van der Waals surface area contributed by atoms with E-state index < -0.39 is 0 Å². The van der Waals surface area contributed by atoms with Crippen molar-refractivity contribution in [3.63, 3.8) is 0 Å². The lowest BCUT2D eigenvalue weighted by Gasteiger charge is -2.25. The van der Waals surface area contributed by atoms with E-state index in [9.17, 15) is 9.59 Å². The third-order valence-corrected chi connectivity index (χ3v) is 6.06. The molecule has 0 amide bonds. The predicted octanol–water partition coefficient (Wildman–Crippen LogP) is 3.45. The van der Waals surface area contributed by atoms with Crippen LogP contribution in [0.2, 0.25) is 0 Å². The van der Waals surface area contributed by atoms with E-state index in [1.54, 1.807) is 13.2 Å². The first-order chi connectivity index (χ1) is 17.2. The standard InChI is InChI=1S/C27H34N4O5/c1-27(2,3)17-20(32)18-31-23(19-6-5-7-21(16-19)34-4)9-8-22(26(31)33)25-28-24(36-29-25)10-11-30-12-14-35-15-13-30/h5-9,16H,10-15,17-18H2,1-4H3. The molecule has 9 heteroatoms. The number of hydrogen-bond acceptors (Lipinski definition) is 8. The second kappa shape index (κ2) is 11.2. The molecule has 36 heavy (non-hydrogen) atoms. The molecule has 1 aliphatic rings. The van der Waals surface area contributed by atoms with Crippen LogP contribution in [0.15, 0.2) is 45.7 Å². The summed E-state index contributed by atoms with van der Waals surface area (Å²) in [7, 11) is 1.59. The largest absolute Gasteiger partial charge is 0.497 e. The van der Waals surface area contributed by atoms with Gasteiger partial charge in [0.05, 0.1) is 38.1 Å². The smallest absolute Gasteiger partial charge is 0.262 e. The average molecular weight is 495 g/mol. The zero-order valence-corrected chi connectivity index (χ0v) is 21.5. The van der Waals surface area contributed by atoms with Crippen LogP contribution in [-0.2, 0) is 22.5 Å². The molecule has 1 saturated heterocycles. The Morgan fingerprint density at radius 3 is 2.64 bits per heavy atom. The number of nitrogens with zero attached hydrogens (tertiary/aromatic N) is 4. The van der Waals surface area contributed by atoms with Crippen molar-refractivity contribution >= 4 is 5.78 Å². The van der Waals surface area contributed by atoms with Crippen LogP contribution in [0.3, 0.4) is 0 Å². The number of pyridine rings is 1. The maximum absolute atomic E-state index is 13.7. The number of benzene rings is 1. The van der Waals surface area contributed by atoms with Crippen LogP contribution in [0, 0.1) is 5.41 Å². The molecule has 0 radical (unpaired) electrons. The topological polar surface area (TPSA) is 99.7 Å². The molecule has 3 aromatic rings. The minimum atomic E-state index is -0.335. The number of aromatic nitrogens is 3. The number of hydrogen-bond donors (Lipinski definition) is 0. The Labute approximate surface area is 211 Å². The maximum atomic E-state index is 13.7. The number of carbonyl (C=O) groups excluding carboxylic acids is 1. The van der Waals surface area contributed by atoms with Crippen molar-refractivity contribution in [2.75, 3.05) is 40.0 Å². The number of ketones is 1. The highest BCUT2D eigenvalue weighted by Gasteiger charge is 2.21. The van der Waals surface area contributed by atoms with Crippen LogP contribution in [0.5, 0.6) is 5.75 Å². The van der Waals surface area contributed by atoms with Crippen molar-refractivity contribution < 1.29 is 18.8 Å². The molecule has 0 atom stereocenters. The van der Waals surface area contributed by atoms with E-state index in [4.69, 9.17) is 14.0 Å². The number of methoxy groups -OCH3 is 1. The molecule has 0 bridgehead atoms. The Bertz CT molecular complexity index is 1250. The Morgan fingerprint density at radius 1 is 1.14 bits per heavy atom. The van der Waals surface area contributed by atoms with Gasteiger partial charge in [0.2, 0.25) is 11.7 Å². The van der Waals surface area contributed by atoms with Gasteiger partial charge in [-0.05, 0) is 29.7 Å². The van der Waals surface area contributed by atoms with Gasteiger partial charge in [-0.1, -0.05) is 38.1 Å². The van der Waals surface area contributed by atoms with Crippen LogP contribution in [0.25, 0.3) is 22.6 Å². The van der Waals surface area contributed by atoms with Crippen molar-refractivity contribution in [1.82, 2.24) is 19.6 Å². The van der Waals surface area contributed by atoms with E-state index in [1.807, 2.05) is 51.1 Å². The summed E-state index contributed by atoms with van der Waals surface area (Å²) in [5.74, 6) is 1.35. The normalized spacial score (nSPS) is 14.7. The zero-order chi connectivity index (χ0) is 25.7. The second-order valence-corrected chi connectivity index (χ2v) is 10.2. The van der Waals surface area contributed by atoms with Gasteiger partial charge in [0.15, 0.2) is 5.78 Å². The molecular weight excluding hydrogens is 460 g/mol. The van der Waals surface area contributed by atoms with Gasteiger partial charge in [0, 0.05) is 38.0 Å². The molecule has 0 spiro atoms. The minimum Gasteiger partial charge on any atom is -0.497 e. The SMILES string of the molecule is COc1cccc(-c2ccc(-c3noc(CCN4CCOCC4)n3)c(=O)n2CC(=O)CC(C)(C)C)c1. The number of Topliss-reactive ketones (excluding diaryl/α,β-unsaturated/α-hetero) is 1. The van der Waals surface area contributed by atoms with Crippen molar-refractivity contribution in [2.45, 2.75) is 40.2 Å². The minimum absolute atomic E-state index is 0.0230. The summed E-state index contributed by atoms with van der Waals surface area (Å²) >= 11 is 0. The van der Waals surface area contributed by atoms with Crippen molar-refractivity contribution in [3.05, 3.63) is 52.6 Å². The monoisotopic (exact) mass is 494 g/mol. The van der Waals surface area contributed by atoms with E-state index in [1.165, 1.54) is 4.57 Å². The van der Waals surface area contributed by atoms with Crippen LogP contribution >= 0.6 is 0 Å². The van der Waals surface area contributed by atoms with Crippen LogP contribution < -0.4 is 10.3 Å². The van der Waals surface area contributed by atoms with Gasteiger partial charge in [0.25, 0.3) is 5.56 Å². The number of carbonyl (C=O) groups is 1. The summed E-state index contributed by atoms with van der Waals surface area (Å²) in [6.45, 7) is 9.95. The van der Waals surface area contributed by atoms with E-state index in [2.05, 4.69) is 15.0 Å². The van der Waals surface area contributed by atoms with E-state index in [-0.39, 0.29) is 29.1 Å². The van der Waals surface area contributed by atoms with E-state index in [0.717, 1.165) is 38.4 Å². The summed E-state index contributed by atoms with van der Waals surface area (Å²) in [4.78, 5) is 33.4. The van der Waals surface area contributed by atoms with Gasteiger partial charge < -0.3 is 18.6 Å². The molecule has 1 aliphatic heterocycles. The zero-order valence-electron chi connectivity index (χ0n) is 21.5. The highest BCUT2D eigenvalue weighted by Crippen LogP contribution is 2.26. The molecule has 4 rings (SSSR count). The van der Waals surface area contributed by atoms with Gasteiger partial charge in [-0.3, -0.25) is 14.5 Å². The molecule has 0 saturated carbocycles. The summed E-state index contributed by atoms with van der Waals surface area (Å²) < 4.78 is 17.7. The third-order valence-electron chi connectivity index (χ3n) is 6.06. The summed E-state index contributed by atoms with van der Waals surface area (Å²) in [5, 5.41) is 4.07. The van der Waals surface area contributed by atoms with Crippen LogP contribution in [0.1, 0.15) is 33.1 Å². The molecule has 3 heterocycles. The Hall–Kier alpha value is -3.30. The fraction of sp³-hybridized carbons (Fsp3) is 0.481. The number of rotatable bonds is 9. The number of morpholine rings is 1. The maximum Gasteiger partial charge on any atom is 0.262 e. The van der Waals surface area contributed by atoms with Gasteiger partial charge in [0.1, 0.15) is 5.75 Å². The lowest BCUT2D eigenvalue weighted by atomic mass is 9.90. The molecule has 1 aromatic carbocycles. The highest BCUT2D eigenvalue weighted by molar-refractivity contribution is 5.80. The lowest BCUT2D eigenvalue weighted by molar-refractivity contribution is -0.121. The molecule has 2 aromatic heterocycles. The lowest BCUT2D eigenvalue weighted by Crippen LogP contribution is -2.37. The van der Waals surface area contributed by atoms with Crippen LogP contribution in [0.4, 0.5) is 0 Å². The van der Waals surface area contributed by atoms with E-state index in [0.29, 0.717) is 35.7 Å². The summed E-state index contributed by atoms with van der Waals surface area (Å²) in [5.41, 5.74) is 1.18. The Balaban J connectivity index is 1.65. The molecule has 1 fully saturated rings. The highest BCUT2D eigenvalue weighted by atomic mass is 16.5. The quantitative estimate of drug-likeness (QED) is 0.446. The van der Waals surface area contributed by atoms with Gasteiger partial charge in [-0.2, -0.15) is 4.98 Å². The third kappa shape index (κ3) is 6.47. The molecular formula is C27H34N4O5. The second-order valence-electron chi connectivity index (χ2n) is 10.2. The molecule has 9 nitrogen and oxygen atoms in total. The fourth-order valence-electron chi connectivity index (χ4n) is 4.31. The van der Waals surface area contributed by atoms with Crippen molar-refractivity contribution in [3.8, 4) is 28.4 Å². The van der Waals surface area contributed by atoms with Gasteiger partial charge >= 0.3 is 0 Å². The predicted molar refractivity (Wildman–Crippen MR) is 136 cm³/mol. The Morgan fingerprint density at radius 2 is 1.92 bits per heavy atom.